The molecule has 2 rings (SSSR count). The first-order chi connectivity index (χ1) is 11.7. The van der Waals surface area contributed by atoms with E-state index in [9.17, 15) is 9.59 Å². The Hall–Kier alpha value is -2.04. The van der Waals surface area contributed by atoms with E-state index in [2.05, 4.69) is 41.8 Å². The first-order valence-electron chi connectivity index (χ1n) is 9.15. The molecule has 1 aromatic rings. The van der Waals surface area contributed by atoms with Crippen LogP contribution < -0.4 is 10.6 Å². The van der Waals surface area contributed by atoms with Gasteiger partial charge < -0.3 is 15.5 Å². The van der Waals surface area contributed by atoms with E-state index >= 15 is 0 Å². The zero-order valence-electron chi connectivity index (χ0n) is 15.9. The molecule has 2 N–H and O–H groups in total. The van der Waals surface area contributed by atoms with Crippen molar-refractivity contribution >= 4 is 11.9 Å². The fourth-order valence-electron chi connectivity index (χ4n) is 2.94. The number of rotatable bonds is 4. The van der Waals surface area contributed by atoms with Crippen LogP contribution in [-0.2, 0) is 11.2 Å². The molecule has 0 bridgehead atoms. The molecule has 0 aliphatic carbocycles. The summed E-state index contributed by atoms with van der Waals surface area (Å²) in [5, 5.41) is 6.10. The third-order valence-corrected chi connectivity index (χ3v) is 4.39. The summed E-state index contributed by atoms with van der Waals surface area (Å²) in [6.07, 6.45) is 2.90. The average Bonchev–Trinajstić information content (AvgIpc) is 2.53. The van der Waals surface area contributed by atoms with Crippen molar-refractivity contribution in [3.05, 3.63) is 35.4 Å². The molecule has 0 spiro atoms. The SMILES string of the molecule is Cc1ccc(CCC(=O)NC2CCN(C(=O)NC(C)(C)C)CC2)cc1. The van der Waals surface area contributed by atoms with Gasteiger partial charge >= 0.3 is 6.03 Å². The maximum atomic E-state index is 12.2. The molecule has 1 aliphatic rings. The zero-order chi connectivity index (χ0) is 18.4. The second kappa shape index (κ2) is 8.37. The van der Waals surface area contributed by atoms with Crippen molar-refractivity contribution in [1.82, 2.24) is 15.5 Å². The van der Waals surface area contributed by atoms with Crippen LogP contribution in [0.15, 0.2) is 24.3 Å². The summed E-state index contributed by atoms with van der Waals surface area (Å²) in [5.41, 5.74) is 2.20. The molecule has 5 nitrogen and oxygen atoms in total. The molecule has 0 radical (unpaired) electrons. The number of likely N-dealkylation sites (tertiary alicyclic amines) is 1. The number of nitrogens with zero attached hydrogens (tertiary/aromatic N) is 1. The van der Waals surface area contributed by atoms with Gasteiger partial charge in [0.25, 0.3) is 0 Å². The zero-order valence-corrected chi connectivity index (χ0v) is 15.9. The van der Waals surface area contributed by atoms with Crippen LogP contribution in [0.25, 0.3) is 0 Å². The number of hydrogen-bond acceptors (Lipinski definition) is 2. The maximum Gasteiger partial charge on any atom is 0.317 e. The quantitative estimate of drug-likeness (QED) is 0.881. The Bertz CT molecular complexity index is 582. The second-order valence-corrected chi connectivity index (χ2v) is 7.99. The normalized spacial score (nSPS) is 15.8. The Morgan fingerprint density at radius 3 is 2.28 bits per heavy atom. The van der Waals surface area contributed by atoms with Gasteiger partial charge in [-0.1, -0.05) is 29.8 Å². The van der Waals surface area contributed by atoms with E-state index in [1.54, 1.807) is 0 Å². The van der Waals surface area contributed by atoms with E-state index in [1.165, 1.54) is 11.1 Å². The highest BCUT2D eigenvalue weighted by molar-refractivity contribution is 5.77. The fourth-order valence-corrected chi connectivity index (χ4v) is 2.94. The van der Waals surface area contributed by atoms with Crippen LogP contribution in [0.3, 0.4) is 0 Å². The first kappa shape index (κ1) is 19.3. The van der Waals surface area contributed by atoms with E-state index in [-0.39, 0.29) is 23.5 Å². The smallest absolute Gasteiger partial charge is 0.317 e. The van der Waals surface area contributed by atoms with E-state index < -0.39 is 0 Å². The van der Waals surface area contributed by atoms with Gasteiger partial charge in [-0.05, 0) is 52.5 Å². The predicted molar refractivity (Wildman–Crippen MR) is 101 cm³/mol. The molecule has 0 atom stereocenters. The molecule has 0 aromatic heterocycles. The Morgan fingerprint density at radius 1 is 1.12 bits per heavy atom. The van der Waals surface area contributed by atoms with Crippen molar-refractivity contribution in [2.24, 2.45) is 0 Å². The molecule has 1 fully saturated rings. The summed E-state index contributed by atoms with van der Waals surface area (Å²) in [6.45, 7) is 9.37. The minimum atomic E-state index is -0.224. The van der Waals surface area contributed by atoms with E-state index in [0.717, 1.165) is 19.3 Å². The summed E-state index contributed by atoms with van der Waals surface area (Å²) in [4.78, 5) is 26.1. The van der Waals surface area contributed by atoms with Gasteiger partial charge in [0.1, 0.15) is 0 Å². The number of piperidine rings is 1. The minimum Gasteiger partial charge on any atom is -0.353 e. The van der Waals surface area contributed by atoms with Gasteiger partial charge in [-0.3, -0.25) is 4.79 Å². The molecule has 1 saturated heterocycles. The van der Waals surface area contributed by atoms with E-state index in [1.807, 2.05) is 25.7 Å². The number of amides is 3. The molecular formula is C20H31N3O2. The van der Waals surface area contributed by atoms with Gasteiger partial charge in [0.15, 0.2) is 0 Å². The van der Waals surface area contributed by atoms with E-state index in [0.29, 0.717) is 19.5 Å². The van der Waals surface area contributed by atoms with Crippen molar-refractivity contribution in [3.8, 4) is 0 Å². The largest absolute Gasteiger partial charge is 0.353 e. The van der Waals surface area contributed by atoms with Gasteiger partial charge in [-0.2, -0.15) is 0 Å². The lowest BCUT2D eigenvalue weighted by molar-refractivity contribution is -0.122. The molecule has 1 aliphatic heterocycles. The molecule has 0 unspecified atom stereocenters. The number of benzene rings is 1. The van der Waals surface area contributed by atoms with Crippen molar-refractivity contribution in [1.29, 1.82) is 0 Å². The summed E-state index contributed by atoms with van der Waals surface area (Å²) in [5.74, 6) is 0.0955. The predicted octanol–water partition coefficient (Wildman–Crippen LogP) is 3.02. The van der Waals surface area contributed by atoms with Crippen LogP contribution in [0.2, 0.25) is 0 Å². The molecule has 25 heavy (non-hydrogen) atoms. The summed E-state index contributed by atoms with van der Waals surface area (Å²) < 4.78 is 0. The highest BCUT2D eigenvalue weighted by Gasteiger charge is 2.25. The first-order valence-corrected chi connectivity index (χ1v) is 9.15. The van der Waals surface area contributed by atoms with Gasteiger partial charge in [-0.25, -0.2) is 4.79 Å². The van der Waals surface area contributed by atoms with Gasteiger partial charge in [0.2, 0.25) is 5.91 Å². The minimum absolute atomic E-state index is 0.0170. The second-order valence-electron chi connectivity index (χ2n) is 7.99. The molecule has 1 heterocycles. The average molecular weight is 345 g/mol. The Kier molecular flexibility index (Phi) is 6.45. The lowest BCUT2D eigenvalue weighted by Gasteiger charge is -2.34. The third-order valence-electron chi connectivity index (χ3n) is 4.39. The lowest BCUT2D eigenvalue weighted by atomic mass is 10.0. The fraction of sp³-hybridized carbons (Fsp3) is 0.600. The number of urea groups is 1. The molecular weight excluding hydrogens is 314 g/mol. The number of carbonyl (C=O) groups is 2. The van der Waals surface area contributed by atoms with Crippen LogP contribution in [0.5, 0.6) is 0 Å². The van der Waals surface area contributed by atoms with Crippen molar-refractivity contribution in [3.63, 3.8) is 0 Å². The molecule has 138 valence electrons. The Labute approximate surface area is 151 Å². The summed E-state index contributed by atoms with van der Waals surface area (Å²) >= 11 is 0. The standard InChI is InChI=1S/C20H31N3O2/c1-15-5-7-16(8-6-15)9-10-18(24)21-17-11-13-23(14-12-17)19(25)22-20(2,3)4/h5-8,17H,9-14H2,1-4H3,(H,21,24)(H,22,25). The van der Waals surface area contributed by atoms with Crippen LogP contribution in [0.4, 0.5) is 4.79 Å². The van der Waals surface area contributed by atoms with Crippen LogP contribution in [0.1, 0.15) is 51.2 Å². The maximum absolute atomic E-state index is 12.2. The van der Waals surface area contributed by atoms with Gasteiger partial charge in [0, 0.05) is 31.1 Å². The highest BCUT2D eigenvalue weighted by Crippen LogP contribution is 2.12. The number of nitrogens with one attached hydrogen (secondary N) is 2. The van der Waals surface area contributed by atoms with Crippen molar-refractivity contribution in [2.75, 3.05) is 13.1 Å². The number of aryl methyl sites for hydroxylation is 2. The van der Waals surface area contributed by atoms with Crippen molar-refractivity contribution < 1.29 is 9.59 Å². The van der Waals surface area contributed by atoms with Crippen LogP contribution >= 0.6 is 0 Å². The van der Waals surface area contributed by atoms with Crippen molar-refractivity contribution in [2.45, 2.75) is 65.0 Å². The third kappa shape index (κ3) is 6.77. The number of hydrogen-bond donors (Lipinski definition) is 2. The van der Waals surface area contributed by atoms with Gasteiger partial charge in [-0.15, -0.1) is 0 Å². The van der Waals surface area contributed by atoms with Crippen LogP contribution in [0, 0.1) is 6.92 Å². The molecule has 3 amide bonds. The summed E-state index contributed by atoms with van der Waals surface area (Å²) in [6, 6.07) is 8.46. The van der Waals surface area contributed by atoms with E-state index in [4.69, 9.17) is 0 Å². The Morgan fingerprint density at radius 2 is 1.72 bits per heavy atom. The lowest BCUT2D eigenvalue weighted by Crippen LogP contribution is -2.53. The number of carbonyl (C=O) groups excluding carboxylic acids is 2. The summed E-state index contributed by atoms with van der Waals surface area (Å²) in [7, 11) is 0. The monoisotopic (exact) mass is 345 g/mol. The Balaban J connectivity index is 1.69. The molecule has 0 saturated carbocycles. The molecule has 1 aromatic carbocycles. The van der Waals surface area contributed by atoms with Gasteiger partial charge in [0.05, 0.1) is 0 Å². The van der Waals surface area contributed by atoms with Crippen LogP contribution in [-0.4, -0.2) is 41.5 Å². The highest BCUT2D eigenvalue weighted by atomic mass is 16.2. The molecule has 5 heteroatoms. The topological polar surface area (TPSA) is 61.4 Å².